The molecule has 0 amide bonds. The van der Waals surface area contributed by atoms with Gasteiger partial charge in [0.1, 0.15) is 11.6 Å². The summed E-state index contributed by atoms with van der Waals surface area (Å²) in [6.07, 6.45) is 6.04. The summed E-state index contributed by atoms with van der Waals surface area (Å²) in [5.74, 6) is 3.48. The number of anilines is 2. The van der Waals surface area contributed by atoms with Crippen LogP contribution in [0.3, 0.4) is 0 Å². The lowest BCUT2D eigenvalue weighted by Crippen LogP contribution is -2.31. The van der Waals surface area contributed by atoms with Crippen molar-refractivity contribution in [2.45, 2.75) is 50.6 Å². The molecule has 1 aromatic heterocycles. The molecule has 3 aliphatic rings. The molecule has 5 rings (SSSR count). The Morgan fingerprint density at radius 3 is 2.72 bits per heavy atom. The third-order valence-electron chi connectivity index (χ3n) is 5.39. The number of hydrogen-bond acceptors (Lipinski definition) is 5. The molecule has 25 heavy (non-hydrogen) atoms. The van der Waals surface area contributed by atoms with E-state index < -0.39 is 0 Å². The number of hydrogen-bond donors (Lipinski definition) is 1. The monoisotopic (exact) mass is 336 g/mol. The summed E-state index contributed by atoms with van der Waals surface area (Å²) in [5, 5.41) is 3.49. The van der Waals surface area contributed by atoms with E-state index in [1.165, 1.54) is 42.5 Å². The van der Waals surface area contributed by atoms with Gasteiger partial charge in [0.2, 0.25) is 5.95 Å². The molecular weight excluding hydrogens is 312 g/mol. The maximum Gasteiger partial charge on any atom is 0.225 e. The molecule has 5 nitrogen and oxygen atoms in total. The van der Waals surface area contributed by atoms with Crippen LogP contribution < -0.4 is 15.0 Å². The lowest BCUT2D eigenvalue weighted by molar-refractivity contribution is 0.413. The van der Waals surface area contributed by atoms with E-state index in [0.717, 1.165) is 37.0 Å². The maximum atomic E-state index is 5.36. The van der Waals surface area contributed by atoms with Crippen molar-refractivity contribution in [1.29, 1.82) is 0 Å². The summed E-state index contributed by atoms with van der Waals surface area (Å²) < 4.78 is 5.36. The van der Waals surface area contributed by atoms with Crippen molar-refractivity contribution in [2.24, 2.45) is 0 Å². The molecule has 2 aromatic rings. The first kappa shape index (κ1) is 15.0. The van der Waals surface area contributed by atoms with E-state index in [-0.39, 0.29) is 0 Å². The van der Waals surface area contributed by atoms with Gasteiger partial charge in [0.15, 0.2) is 0 Å². The highest BCUT2D eigenvalue weighted by molar-refractivity contribution is 5.50. The number of nitrogens with zero attached hydrogens (tertiary/aromatic N) is 3. The Bertz CT molecular complexity index is 798. The zero-order valence-corrected chi connectivity index (χ0v) is 14.7. The summed E-state index contributed by atoms with van der Waals surface area (Å²) in [7, 11) is 1.73. The van der Waals surface area contributed by atoms with Gasteiger partial charge in [-0.05, 0) is 55.4 Å². The van der Waals surface area contributed by atoms with Gasteiger partial charge >= 0.3 is 0 Å². The Morgan fingerprint density at radius 1 is 1.08 bits per heavy atom. The number of rotatable bonds is 5. The molecule has 1 aliphatic heterocycles. The topological polar surface area (TPSA) is 50.3 Å². The van der Waals surface area contributed by atoms with Crippen molar-refractivity contribution >= 4 is 11.8 Å². The Kier molecular flexibility index (Phi) is 3.54. The smallest absolute Gasteiger partial charge is 0.225 e. The predicted octanol–water partition coefficient (Wildman–Crippen LogP) is 3.50. The minimum Gasteiger partial charge on any atom is -0.497 e. The van der Waals surface area contributed by atoms with Crippen LogP contribution >= 0.6 is 0 Å². The van der Waals surface area contributed by atoms with E-state index in [4.69, 9.17) is 14.7 Å². The molecule has 5 heteroatoms. The maximum absolute atomic E-state index is 5.36. The second-order valence-electron chi connectivity index (χ2n) is 7.47. The van der Waals surface area contributed by atoms with E-state index in [2.05, 4.69) is 34.5 Å². The Hall–Kier alpha value is -2.30. The second-order valence-corrected chi connectivity index (χ2v) is 7.47. The zero-order valence-electron chi connectivity index (χ0n) is 14.7. The second kappa shape index (κ2) is 5.90. The molecule has 2 fully saturated rings. The molecule has 0 bridgehead atoms. The normalized spacial score (nSPS) is 19.5. The van der Waals surface area contributed by atoms with E-state index in [1.807, 2.05) is 0 Å². The lowest BCUT2D eigenvalue weighted by atomic mass is 9.99. The third kappa shape index (κ3) is 3.15. The Labute approximate surface area is 148 Å². The summed E-state index contributed by atoms with van der Waals surface area (Å²) in [6, 6.07) is 9.20. The Balaban J connectivity index is 1.42. The van der Waals surface area contributed by atoms with Crippen molar-refractivity contribution in [1.82, 2.24) is 9.97 Å². The van der Waals surface area contributed by atoms with Crippen LogP contribution in [0.25, 0.3) is 0 Å². The standard InChI is InChI=1S/C20H24N4O/c1-25-17-7-4-15-12-24(9-8-14(15)10-17)19-11-18(13-2-3-13)22-20(23-19)21-16-5-6-16/h4,7,10-11,13,16H,2-3,5-6,8-9,12H2,1H3,(H,21,22,23). The minimum absolute atomic E-state index is 0.580. The van der Waals surface area contributed by atoms with Gasteiger partial charge in [-0.15, -0.1) is 0 Å². The highest BCUT2D eigenvalue weighted by atomic mass is 16.5. The molecule has 0 spiro atoms. The van der Waals surface area contributed by atoms with Crippen molar-refractivity contribution in [3.63, 3.8) is 0 Å². The summed E-state index contributed by atoms with van der Waals surface area (Å²) >= 11 is 0. The average Bonchev–Trinajstić information content (AvgIpc) is 3.54. The number of benzene rings is 1. The van der Waals surface area contributed by atoms with E-state index in [1.54, 1.807) is 7.11 Å². The molecule has 2 heterocycles. The summed E-state index contributed by atoms with van der Waals surface area (Å²) in [5.41, 5.74) is 3.98. The molecular formula is C20H24N4O. The molecule has 1 N–H and O–H groups in total. The van der Waals surface area contributed by atoms with Gasteiger partial charge in [0.05, 0.1) is 12.8 Å². The first-order valence-corrected chi connectivity index (χ1v) is 9.35. The summed E-state index contributed by atoms with van der Waals surface area (Å²) in [4.78, 5) is 12.0. The number of ether oxygens (including phenoxy) is 1. The highest BCUT2D eigenvalue weighted by Crippen LogP contribution is 2.41. The minimum atomic E-state index is 0.580. The largest absolute Gasteiger partial charge is 0.497 e. The van der Waals surface area contributed by atoms with Gasteiger partial charge in [-0.25, -0.2) is 4.98 Å². The average molecular weight is 336 g/mol. The van der Waals surface area contributed by atoms with E-state index in [0.29, 0.717) is 12.0 Å². The number of methoxy groups -OCH3 is 1. The molecule has 1 aromatic carbocycles. The van der Waals surface area contributed by atoms with Gasteiger partial charge in [-0.1, -0.05) is 6.07 Å². The lowest BCUT2D eigenvalue weighted by Gasteiger charge is -2.30. The Morgan fingerprint density at radius 2 is 1.96 bits per heavy atom. The fourth-order valence-electron chi connectivity index (χ4n) is 3.53. The van der Waals surface area contributed by atoms with Gasteiger partial charge in [0.25, 0.3) is 0 Å². The van der Waals surface area contributed by atoms with Crippen molar-refractivity contribution < 1.29 is 4.74 Å². The van der Waals surface area contributed by atoms with Crippen LogP contribution in [0.1, 0.15) is 48.4 Å². The first-order valence-electron chi connectivity index (χ1n) is 9.35. The number of aromatic nitrogens is 2. The highest BCUT2D eigenvalue weighted by Gasteiger charge is 2.29. The van der Waals surface area contributed by atoms with Gasteiger partial charge in [0, 0.05) is 31.1 Å². The molecule has 2 aliphatic carbocycles. The molecule has 2 saturated carbocycles. The predicted molar refractivity (Wildman–Crippen MR) is 98.4 cm³/mol. The molecule has 0 saturated heterocycles. The fourth-order valence-corrected chi connectivity index (χ4v) is 3.53. The van der Waals surface area contributed by atoms with Crippen LogP contribution in [0.15, 0.2) is 24.3 Å². The van der Waals surface area contributed by atoms with Crippen LogP contribution in [-0.2, 0) is 13.0 Å². The SMILES string of the molecule is COc1ccc2c(c1)CCN(c1cc(C3CC3)nc(NC3CC3)n1)C2. The van der Waals surface area contributed by atoms with Crippen molar-refractivity contribution in [3.05, 3.63) is 41.1 Å². The molecule has 0 atom stereocenters. The van der Waals surface area contributed by atoms with E-state index in [9.17, 15) is 0 Å². The third-order valence-corrected chi connectivity index (χ3v) is 5.39. The molecule has 0 radical (unpaired) electrons. The van der Waals surface area contributed by atoms with Gasteiger partial charge in [-0.2, -0.15) is 4.98 Å². The quantitative estimate of drug-likeness (QED) is 0.906. The van der Waals surface area contributed by atoms with Crippen LogP contribution in [0.2, 0.25) is 0 Å². The van der Waals surface area contributed by atoms with Crippen LogP contribution in [-0.4, -0.2) is 29.7 Å². The van der Waals surface area contributed by atoms with Crippen molar-refractivity contribution in [3.8, 4) is 5.75 Å². The van der Waals surface area contributed by atoms with Gasteiger partial charge in [-0.3, -0.25) is 0 Å². The number of fused-ring (bicyclic) bond motifs is 1. The van der Waals surface area contributed by atoms with Crippen molar-refractivity contribution in [2.75, 3.05) is 23.9 Å². The number of nitrogens with one attached hydrogen (secondary N) is 1. The zero-order chi connectivity index (χ0) is 16.8. The molecule has 0 unspecified atom stereocenters. The first-order chi connectivity index (χ1) is 12.3. The molecule has 130 valence electrons. The van der Waals surface area contributed by atoms with Crippen LogP contribution in [0.5, 0.6) is 5.75 Å². The van der Waals surface area contributed by atoms with Crippen LogP contribution in [0.4, 0.5) is 11.8 Å². The van der Waals surface area contributed by atoms with Crippen LogP contribution in [0, 0.1) is 0 Å². The van der Waals surface area contributed by atoms with Gasteiger partial charge < -0.3 is 15.0 Å². The summed E-state index contributed by atoms with van der Waals surface area (Å²) in [6.45, 7) is 1.90. The fraction of sp³-hybridized carbons (Fsp3) is 0.500. The van der Waals surface area contributed by atoms with E-state index >= 15 is 0 Å².